The number of anilines is 1. The van der Waals surface area contributed by atoms with Gasteiger partial charge in [-0.05, 0) is 37.5 Å². The van der Waals surface area contributed by atoms with E-state index in [0.717, 1.165) is 6.07 Å². The molecule has 1 amide bonds. The molecule has 1 aromatic carbocycles. The molecule has 0 unspecified atom stereocenters. The van der Waals surface area contributed by atoms with Crippen LogP contribution in [0.5, 0.6) is 0 Å². The molecule has 2 rings (SSSR count). The highest BCUT2D eigenvalue weighted by Gasteiger charge is 2.35. The molecule has 2 N–H and O–H groups in total. The number of rotatable bonds is 3. The lowest BCUT2D eigenvalue weighted by molar-refractivity contribution is -0.151. The van der Waals surface area contributed by atoms with E-state index in [1.54, 1.807) is 0 Å². The highest BCUT2D eigenvalue weighted by Crippen LogP contribution is 2.33. The van der Waals surface area contributed by atoms with Crippen molar-refractivity contribution in [1.29, 1.82) is 0 Å². The number of benzene rings is 1. The van der Waals surface area contributed by atoms with Gasteiger partial charge in [0.15, 0.2) is 6.10 Å². The van der Waals surface area contributed by atoms with Gasteiger partial charge in [0.05, 0.1) is 5.56 Å². The van der Waals surface area contributed by atoms with Gasteiger partial charge in [-0.3, -0.25) is 4.79 Å². The van der Waals surface area contributed by atoms with Crippen molar-refractivity contribution >= 4 is 17.6 Å². The third kappa shape index (κ3) is 3.56. The monoisotopic (exact) mass is 317 g/mol. The van der Waals surface area contributed by atoms with Crippen molar-refractivity contribution in [2.24, 2.45) is 0 Å². The van der Waals surface area contributed by atoms with Gasteiger partial charge in [0.1, 0.15) is 6.10 Å². The van der Waals surface area contributed by atoms with Gasteiger partial charge in [-0.15, -0.1) is 0 Å². The number of alkyl halides is 3. The van der Waals surface area contributed by atoms with Crippen molar-refractivity contribution < 1.29 is 32.6 Å². The van der Waals surface area contributed by atoms with Crippen LogP contribution in [0.1, 0.15) is 24.0 Å². The van der Waals surface area contributed by atoms with E-state index >= 15 is 0 Å². The van der Waals surface area contributed by atoms with E-state index in [1.807, 2.05) is 0 Å². The molecule has 0 aromatic heterocycles. The number of halogens is 3. The second-order valence-electron chi connectivity index (χ2n) is 5.05. The van der Waals surface area contributed by atoms with E-state index < -0.39 is 35.8 Å². The third-order valence-corrected chi connectivity index (χ3v) is 3.40. The van der Waals surface area contributed by atoms with Crippen LogP contribution in [0.2, 0.25) is 0 Å². The van der Waals surface area contributed by atoms with E-state index in [0.29, 0.717) is 0 Å². The smallest absolute Gasteiger partial charge is 0.416 e. The van der Waals surface area contributed by atoms with E-state index in [1.165, 1.54) is 19.1 Å². The quantitative estimate of drug-likeness (QED) is 0.898. The number of amides is 1. The maximum Gasteiger partial charge on any atom is 0.416 e. The lowest BCUT2D eigenvalue weighted by Crippen LogP contribution is -2.30. The van der Waals surface area contributed by atoms with E-state index in [2.05, 4.69) is 5.32 Å². The first kappa shape index (κ1) is 16.3. The van der Waals surface area contributed by atoms with Crippen LogP contribution < -0.4 is 5.32 Å². The number of hydrogen-bond donors (Lipinski definition) is 2. The van der Waals surface area contributed by atoms with Gasteiger partial charge in [-0.1, -0.05) is 6.07 Å². The molecule has 1 fully saturated rings. The number of carbonyl (C=O) groups excluding carboxylic acids is 1. The first-order chi connectivity index (χ1) is 10.2. The molecule has 0 saturated carbocycles. The summed E-state index contributed by atoms with van der Waals surface area (Å²) in [5.74, 6) is -1.81. The Morgan fingerprint density at radius 2 is 1.91 bits per heavy atom. The van der Waals surface area contributed by atoms with Gasteiger partial charge in [0, 0.05) is 5.69 Å². The Balaban J connectivity index is 2.08. The normalized spacial score (nSPS) is 21.6. The molecular formula is C14H14F3NO4. The average molecular weight is 317 g/mol. The molecule has 1 aliphatic heterocycles. The summed E-state index contributed by atoms with van der Waals surface area (Å²) in [6.45, 7) is 1.33. The third-order valence-electron chi connectivity index (χ3n) is 3.40. The first-order valence-corrected chi connectivity index (χ1v) is 6.55. The predicted octanol–water partition coefficient (Wildman–Crippen LogP) is 2.58. The fourth-order valence-corrected chi connectivity index (χ4v) is 2.24. The molecule has 0 bridgehead atoms. The Hall–Kier alpha value is -2.09. The topological polar surface area (TPSA) is 75.6 Å². The number of nitrogens with one attached hydrogen (secondary N) is 1. The molecule has 0 aliphatic carbocycles. The van der Waals surface area contributed by atoms with Crippen molar-refractivity contribution in [3.05, 3.63) is 29.3 Å². The number of hydrogen-bond acceptors (Lipinski definition) is 3. The van der Waals surface area contributed by atoms with Crippen LogP contribution in [-0.4, -0.2) is 29.2 Å². The van der Waals surface area contributed by atoms with Crippen LogP contribution in [0, 0.1) is 6.92 Å². The number of aliphatic carboxylic acids is 1. The van der Waals surface area contributed by atoms with Crippen LogP contribution >= 0.6 is 0 Å². The van der Waals surface area contributed by atoms with Crippen LogP contribution in [0.15, 0.2) is 18.2 Å². The molecule has 8 heteroatoms. The van der Waals surface area contributed by atoms with Crippen molar-refractivity contribution in [3.8, 4) is 0 Å². The van der Waals surface area contributed by atoms with Crippen molar-refractivity contribution in [2.45, 2.75) is 38.1 Å². The predicted molar refractivity (Wildman–Crippen MR) is 70.3 cm³/mol. The molecule has 120 valence electrons. The molecule has 5 nitrogen and oxygen atoms in total. The van der Waals surface area contributed by atoms with Gasteiger partial charge >= 0.3 is 12.1 Å². The van der Waals surface area contributed by atoms with Crippen LogP contribution in [0.25, 0.3) is 0 Å². The van der Waals surface area contributed by atoms with Gasteiger partial charge in [-0.25, -0.2) is 4.79 Å². The maximum atomic E-state index is 12.8. The second kappa shape index (κ2) is 5.96. The maximum absolute atomic E-state index is 12.8. The largest absolute Gasteiger partial charge is 0.479 e. The first-order valence-electron chi connectivity index (χ1n) is 6.55. The van der Waals surface area contributed by atoms with Crippen molar-refractivity contribution in [3.63, 3.8) is 0 Å². The zero-order chi connectivity index (χ0) is 16.5. The van der Waals surface area contributed by atoms with E-state index in [9.17, 15) is 22.8 Å². The molecule has 1 heterocycles. The van der Waals surface area contributed by atoms with E-state index in [-0.39, 0.29) is 24.1 Å². The Labute approximate surface area is 124 Å². The SMILES string of the molecule is Cc1ccc(NC(=O)[C@@H]2CC[C@H](C(=O)O)O2)cc1C(F)(F)F. The Bertz CT molecular complexity index is 600. The molecule has 1 saturated heterocycles. The highest BCUT2D eigenvalue weighted by molar-refractivity contribution is 5.94. The molecule has 2 atom stereocenters. The van der Waals surface area contributed by atoms with Crippen molar-refractivity contribution in [1.82, 2.24) is 0 Å². The molecule has 0 radical (unpaired) electrons. The van der Waals surface area contributed by atoms with Gasteiger partial charge in [-0.2, -0.15) is 13.2 Å². The molecule has 22 heavy (non-hydrogen) atoms. The minimum absolute atomic E-state index is 0.00898. The Morgan fingerprint density at radius 1 is 1.27 bits per heavy atom. The highest BCUT2D eigenvalue weighted by atomic mass is 19.4. The zero-order valence-electron chi connectivity index (χ0n) is 11.6. The summed E-state index contributed by atoms with van der Waals surface area (Å²) < 4.78 is 43.5. The fourth-order valence-electron chi connectivity index (χ4n) is 2.24. The summed E-state index contributed by atoms with van der Waals surface area (Å²) in [4.78, 5) is 22.7. The minimum Gasteiger partial charge on any atom is -0.479 e. The summed E-state index contributed by atoms with van der Waals surface area (Å²) in [5, 5.41) is 11.1. The fraction of sp³-hybridized carbons (Fsp3) is 0.429. The summed E-state index contributed by atoms with van der Waals surface area (Å²) in [7, 11) is 0. The minimum atomic E-state index is -4.51. The molecule has 1 aliphatic rings. The van der Waals surface area contributed by atoms with Gasteiger partial charge in [0.25, 0.3) is 5.91 Å². The second-order valence-corrected chi connectivity index (χ2v) is 5.05. The molecular weight excluding hydrogens is 303 g/mol. The number of carboxylic acids is 1. The van der Waals surface area contributed by atoms with Crippen LogP contribution in [0.4, 0.5) is 18.9 Å². The molecule has 1 aromatic rings. The molecule has 0 spiro atoms. The number of carboxylic acid groups (broad SMARTS) is 1. The summed E-state index contributed by atoms with van der Waals surface area (Å²) in [6.07, 6.45) is -6.14. The lowest BCUT2D eigenvalue weighted by atomic mass is 10.1. The van der Waals surface area contributed by atoms with Crippen LogP contribution in [-0.2, 0) is 20.5 Å². The standard InChI is InChI=1S/C14H14F3NO4/c1-7-2-3-8(6-9(7)14(15,16)17)18-12(19)10-4-5-11(22-10)13(20)21/h2-3,6,10-11H,4-5H2,1H3,(H,18,19)(H,20,21)/t10-,11+/m0/s1. The zero-order valence-corrected chi connectivity index (χ0v) is 11.6. The Morgan fingerprint density at radius 3 is 2.45 bits per heavy atom. The summed E-state index contributed by atoms with van der Waals surface area (Å²) >= 11 is 0. The van der Waals surface area contributed by atoms with Gasteiger partial charge < -0.3 is 15.2 Å². The van der Waals surface area contributed by atoms with Crippen molar-refractivity contribution in [2.75, 3.05) is 5.32 Å². The number of carbonyl (C=O) groups is 2. The summed E-state index contributed by atoms with van der Waals surface area (Å²) in [6, 6.07) is 3.46. The Kier molecular flexibility index (Phi) is 4.41. The lowest BCUT2D eigenvalue weighted by Gasteiger charge is -2.15. The number of aryl methyl sites for hydroxylation is 1. The van der Waals surface area contributed by atoms with Crippen LogP contribution in [0.3, 0.4) is 0 Å². The van der Waals surface area contributed by atoms with Gasteiger partial charge in [0.2, 0.25) is 0 Å². The van der Waals surface area contributed by atoms with E-state index in [4.69, 9.17) is 9.84 Å². The number of ether oxygens (including phenoxy) is 1. The average Bonchev–Trinajstić information content (AvgIpc) is 2.89. The summed E-state index contributed by atoms with van der Waals surface area (Å²) in [5.41, 5.74) is -0.792.